The van der Waals surface area contributed by atoms with Crippen LogP contribution in [-0.2, 0) is 0 Å². The van der Waals surface area contributed by atoms with Crippen molar-refractivity contribution in [2.75, 3.05) is 76.5 Å². The van der Waals surface area contributed by atoms with E-state index in [0.717, 1.165) is 202 Å². The fraction of sp³-hybridized carbons (Fsp3) is 0.100. The van der Waals surface area contributed by atoms with Crippen molar-refractivity contribution in [2.24, 2.45) is 0 Å². The van der Waals surface area contributed by atoms with E-state index in [1.165, 1.54) is 11.1 Å². The lowest BCUT2D eigenvalue weighted by Crippen LogP contribution is -2.45. The monoisotopic (exact) mass is 1750 g/mol. The van der Waals surface area contributed by atoms with Crippen LogP contribution in [0.1, 0.15) is 35.0 Å². The van der Waals surface area contributed by atoms with Gasteiger partial charge in [-0.1, -0.05) is 133 Å². The van der Waals surface area contributed by atoms with Crippen molar-refractivity contribution in [3.63, 3.8) is 0 Å². The van der Waals surface area contributed by atoms with Crippen molar-refractivity contribution in [1.82, 2.24) is 9.13 Å². The molecule has 20 aromatic rings. The average Bonchev–Trinajstić information content (AvgIpc) is 1.55. The Labute approximate surface area is 780 Å². The summed E-state index contributed by atoms with van der Waals surface area (Å²) in [5.41, 5.74) is 27.8. The smallest absolute Gasteiger partial charge is 0.119 e. The fourth-order valence-corrected chi connectivity index (χ4v) is 19.8. The van der Waals surface area contributed by atoms with Gasteiger partial charge in [0.15, 0.2) is 0 Å². The Morgan fingerprint density at radius 1 is 0.164 bits per heavy atom. The third-order valence-electron chi connectivity index (χ3n) is 26.5. The summed E-state index contributed by atoms with van der Waals surface area (Å²) in [7, 11) is 13.6. The van der Waals surface area contributed by atoms with Gasteiger partial charge in [0, 0.05) is 124 Å². The van der Waals surface area contributed by atoms with Crippen molar-refractivity contribution < 1.29 is 37.9 Å². The zero-order valence-corrected chi connectivity index (χ0v) is 75.7. The predicted octanol–water partition coefficient (Wildman–Crippen LogP) is 30.9. The van der Waals surface area contributed by atoms with E-state index in [1.54, 1.807) is 56.9 Å². The van der Waals surface area contributed by atoms with Crippen molar-refractivity contribution in [2.45, 2.75) is 23.9 Å². The number of aromatic nitrogens is 2. The van der Waals surface area contributed by atoms with E-state index in [4.69, 9.17) is 37.9 Å². The summed E-state index contributed by atoms with van der Waals surface area (Å²) < 4.78 is 50.8. The minimum atomic E-state index is -0.168. The minimum Gasteiger partial charge on any atom is -0.497 e. The Kier molecular flexibility index (Phi) is 23.0. The highest BCUT2D eigenvalue weighted by molar-refractivity contribution is 6.13. The van der Waals surface area contributed by atoms with Gasteiger partial charge in [-0.25, -0.2) is 0 Å². The molecule has 1 aliphatic rings. The number of anilines is 12. The van der Waals surface area contributed by atoms with Crippen LogP contribution in [0, 0.1) is 0 Å². The maximum Gasteiger partial charge on any atom is 0.119 e. The molecule has 4 atom stereocenters. The number of nitrogens with zero attached hydrogens (tertiary/aromatic N) is 6. The third kappa shape index (κ3) is 15.9. The van der Waals surface area contributed by atoms with E-state index >= 15 is 0 Å². The number of hydrogen-bond acceptors (Lipinski definition) is 12. The van der Waals surface area contributed by atoms with E-state index < -0.39 is 0 Å². The molecule has 2 heterocycles. The van der Waals surface area contributed by atoms with Crippen LogP contribution < -0.4 is 57.5 Å². The van der Waals surface area contributed by atoms with Crippen LogP contribution in [0.15, 0.2) is 425 Å². The molecule has 134 heavy (non-hydrogen) atoms. The molecule has 14 heteroatoms. The molecule has 0 bridgehead atoms. The maximum atomic E-state index is 5.66. The lowest BCUT2D eigenvalue weighted by atomic mass is 9.59. The highest BCUT2D eigenvalue weighted by Gasteiger charge is 2.55. The van der Waals surface area contributed by atoms with Gasteiger partial charge in [0.05, 0.1) is 69.0 Å². The molecule has 0 aliphatic heterocycles. The lowest BCUT2D eigenvalue weighted by Gasteiger charge is -2.54. The number of hydrogen-bond donors (Lipinski definition) is 0. The van der Waals surface area contributed by atoms with Gasteiger partial charge < -0.3 is 66.6 Å². The van der Waals surface area contributed by atoms with Crippen LogP contribution in [0.4, 0.5) is 68.2 Å². The highest BCUT2D eigenvalue weighted by atomic mass is 16.5. The Morgan fingerprint density at radius 3 is 0.470 bits per heavy atom. The van der Waals surface area contributed by atoms with Gasteiger partial charge in [-0.05, 0) is 347 Å². The quantitative estimate of drug-likeness (QED) is 0.0467. The van der Waals surface area contributed by atoms with Gasteiger partial charge in [-0.15, -0.1) is 0 Å². The second kappa shape index (κ2) is 36.6. The molecule has 1 aliphatic carbocycles. The summed E-state index contributed by atoms with van der Waals surface area (Å²) in [5, 5.41) is 4.60. The summed E-state index contributed by atoms with van der Waals surface area (Å²) in [5.74, 6) is 6.24. The first kappa shape index (κ1) is 84.0. The van der Waals surface area contributed by atoms with Gasteiger partial charge >= 0.3 is 0 Å². The predicted molar refractivity (Wildman–Crippen MR) is 548 cm³/mol. The van der Waals surface area contributed by atoms with Crippen molar-refractivity contribution in [1.29, 1.82) is 0 Å². The fourth-order valence-electron chi connectivity index (χ4n) is 19.8. The molecule has 0 amide bonds. The summed E-state index contributed by atoms with van der Waals surface area (Å²) in [4.78, 5) is 9.07. The lowest BCUT2D eigenvalue weighted by molar-refractivity contribution is 0.119. The van der Waals surface area contributed by atoms with Gasteiger partial charge in [0.1, 0.15) is 46.0 Å². The summed E-state index contributed by atoms with van der Waals surface area (Å²) in [6, 6.07) is 153. The molecule has 0 saturated heterocycles. The number of ether oxygens (including phenoxy) is 8. The normalized spacial score (nSPS) is 14.0. The van der Waals surface area contributed by atoms with Crippen LogP contribution >= 0.6 is 0 Å². The van der Waals surface area contributed by atoms with Crippen LogP contribution in [0.3, 0.4) is 0 Å². The molecule has 0 radical (unpaired) electrons. The maximum absolute atomic E-state index is 5.66. The first-order chi connectivity index (χ1) is 66.0. The van der Waals surface area contributed by atoms with Crippen LogP contribution in [0.25, 0.3) is 88.1 Å². The van der Waals surface area contributed by atoms with Crippen LogP contribution in [0.5, 0.6) is 46.0 Å². The molecular formula is C120H98N6O8. The van der Waals surface area contributed by atoms with Crippen molar-refractivity contribution in [3.8, 4) is 90.5 Å². The first-order valence-corrected chi connectivity index (χ1v) is 45.0. The minimum absolute atomic E-state index is 0.0191. The first-order valence-electron chi connectivity index (χ1n) is 45.0. The molecule has 1 fully saturated rings. The van der Waals surface area contributed by atoms with E-state index in [1.807, 2.05) is 97.1 Å². The van der Waals surface area contributed by atoms with Gasteiger partial charge in [0.25, 0.3) is 0 Å². The Hall–Kier alpha value is -16.8. The summed E-state index contributed by atoms with van der Waals surface area (Å²) >= 11 is 0. The average molecular weight is 1750 g/mol. The van der Waals surface area contributed by atoms with Gasteiger partial charge in [0.2, 0.25) is 0 Å². The van der Waals surface area contributed by atoms with Gasteiger partial charge in [-0.2, -0.15) is 0 Å². The molecule has 656 valence electrons. The Morgan fingerprint density at radius 2 is 0.313 bits per heavy atom. The zero-order chi connectivity index (χ0) is 90.9. The van der Waals surface area contributed by atoms with E-state index in [9.17, 15) is 0 Å². The molecule has 14 nitrogen and oxygen atoms in total. The SMILES string of the molecule is COc1ccc(N(c2ccc(OC)cc2)c2ccc(-c3ccc4c(c3)c3cc(-c5ccc(N(c6ccc(OC)cc6)c6ccc(OC)cc6)cc5)ccc3n4C3C(c4ccccc4)C(c4ccccc4)C3n3c4ccc(-c5ccc(N(c6ccc(OC)cc6)c6ccc(OC)cc6)cc5)cc4c4cc(-c5ccc(N(c6ccc(OC)cc6)c6ccc(OC)cc6)cc5)ccc43)cc2)cc1. The Balaban J connectivity index is 0.751. The molecule has 2 aromatic heterocycles. The molecular weight excluding hydrogens is 1650 g/mol. The number of rotatable bonds is 28. The second-order valence-electron chi connectivity index (χ2n) is 33.6. The zero-order valence-electron chi connectivity index (χ0n) is 75.7. The van der Waals surface area contributed by atoms with Crippen LogP contribution in [0.2, 0.25) is 0 Å². The number of methoxy groups -OCH3 is 8. The topological polar surface area (TPSA) is 96.7 Å². The van der Waals surface area contributed by atoms with Crippen LogP contribution in [-0.4, -0.2) is 66.0 Å². The molecule has 4 unspecified atom stereocenters. The van der Waals surface area contributed by atoms with E-state index in [0.29, 0.717) is 0 Å². The standard InChI is InChI=1S/C120H98N6O8/c1-127-101-55-39-93(40-56-101)121(94-41-57-102(128-2)58-42-94)89-31-19-79(20-32-89)85-27-71-113-109(75-85)110-76-86(80-21-33-90(34-22-80)122(95-43-59-103(129-3)60-44-95)96-45-61-104(130-4)62-46-96)28-72-114(110)125(113)119-117(83-15-11-9-12-16-83)118(84-17-13-10-14-18-84)120(119)126-115-73-29-87(81-23-35-91(36-24-81)123(97-47-63-105(131-5)64-48-97)98-49-65-106(132-6)66-50-98)77-111(115)112-78-88(30-74-116(112)126)82-25-37-92(38-26-82)124(99-51-67-107(133-7)68-52-99)100-53-69-108(134-8)70-54-100/h9-78,117-120H,1-8H3. The second-order valence-corrected chi connectivity index (χ2v) is 33.6. The third-order valence-corrected chi connectivity index (χ3v) is 26.5. The summed E-state index contributed by atoms with van der Waals surface area (Å²) in [6.07, 6.45) is 0. The van der Waals surface area contributed by atoms with Crippen molar-refractivity contribution >= 4 is 112 Å². The molecule has 21 rings (SSSR count). The summed E-state index contributed by atoms with van der Waals surface area (Å²) in [6.45, 7) is 0. The molecule has 1 saturated carbocycles. The molecule has 0 spiro atoms. The number of fused-ring (bicyclic) bond motifs is 6. The highest BCUT2D eigenvalue weighted by Crippen LogP contribution is 2.66. The van der Waals surface area contributed by atoms with E-state index in [2.05, 4.69) is 356 Å². The van der Waals surface area contributed by atoms with Gasteiger partial charge in [-0.3, -0.25) is 0 Å². The molecule has 0 N–H and O–H groups in total. The molecule has 18 aromatic carbocycles. The Bertz CT molecular complexity index is 6490. The van der Waals surface area contributed by atoms with E-state index in [-0.39, 0.29) is 23.9 Å². The largest absolute Gasteiger partial charge is 0.497 e. The number of benzene rings is 18. The van der Waals surface area contributed by atoms with Crippen molar-refractivity contribution in [3.05, 3.63) is 436 Å².